The summed E-state index contributed by atoms with van der Waals surface area (Å²) in [7, 11) is 0. The molecule has 0 radical (unpaired) electrons. The number of amides is 1. The van der Waals surface area contributed by atoms with E-state index >= 15 is 0 Å². The van der Waals surface area contributed by atoms with Gasteiger partial charge in [-0.3, -0.25) is 9.78 Å². The maximum absolute atomic E-state index is 11.7. The lowest BCUT2D eigenvalue weighted by Gasteiger charge is -2.14. The minimum absolute atomic E-state index is 0.0333. The minimum Gasteiger partial charge on any atom is -0.482 e. The van der Waals surface area contributed by atoms with Crippen molar-refractivity contribution in [1.29, 1.82) is 0 Å². The third-order valence-corrected chi connectivity index (χ3v) is 3.25. The van der Waals surface area contributed by atoms with E-state index in [-0.39, 0.29) is 18.6 Å². The van der Waals surface area contributed by atoms with Crippen molar-refractivity contribution in [3.63, 3.8) is 0 Å². The van der Waals surface area contributed by atoms with E-state index in [0.29, 0.717) is 5.75 Å². The second-order valence-corrected chi connectivity index (χ2v) is 5.03. The first-order valence-corrected chi connectivity index (χ1v) is 7.77. The van der Waals surface area contributed by atoms with Crippen molar-refractivity contribution < 1.29 is 9.53 Å². The Morgan fingerprint density at radius 2 is 2.05 bits per heavy atom. The quantitative estimate of drug-likeness (QED) is 0.650. The van der Waals surface area contributed by atoms with Crippen LogP contribution in [-0.4, -0.2) is 30.1 Å². The van der Waals surface area contributed by atoms with E-state index in [4.69, 9.17) is 4.74 Å². The van der Waals surface area contributed by atoms with Crippen molar-refractivity contribution in [2.45, 2.75) is 52.6 Å². The first-order chi connectivity index (χ1) is 10.2. The first kappa shape index (κ1) is 17.4. The van der Waals surface area contributed by atoms with Crippen LogP contribution in [0.3, 0.4) is 0 Å². The summed E-state index contributed by atoms with van der Waals surface area (Å²) in [6, 6.07) is 3.99. The number of carbonyl (C=O) groups excluding carboxylic acids is 1. The number of pyridine rings is 1. The van der Waals surface area contributed by atoms with Crippen molar-refractivity contribution in [3.8, 4) is 5.75 Å². The number of rotatable bonds is 10. The normalized spacial score (nSPS) is 10.7. The van der Waals surface area contributed by atoms with Gasteiger partial charge >= 0.3 is 0 Å². The van der Waals surface area contributed by atoms with Crippen molar-refractivity contribution >= 4 is 5.91 Å². The van der Waals surface area contributed by atoms with Gasteiger partial charge in [0.1, 0.15) is 5.75 Å². The number of ether oxygens (including phenoxy) is 1. The Hall–Kier alpha value is -1.62. The van der Waals surface area contributed by atoms with E-state index in [1.807, 2.05) is 12.1 Å². The van der Waals surface area contributed by atoms with Crippen molar-refractivity contribution in [2.75, 3.05) is 13.2 Å². The predicted molar refractivity (Wildman–Crippen MR) is 84.2 cm³/mol. The molecule has 118 valence electrons. The standard InChI is InChI=1S/C16H27N3O2/c1-4-9-17-10-14-7-8-15(11-18-14)21-12-16(20)19-13(5-2)6-3/h7-8,11,13,17H,4-6,9-10,12H2,1-3H3,(H,19,20). The molecule has 0 spiro atoms. The molecular formula is C16H27N3O2. The van der Waals surface area contributed by atoms with Gasteiger partial charge in [-0.25, -0.2) is 0 Å². The second kappa shape index (κ2) is 10.2. The Balaban J connectivity index is 2.33. The van der Waals surface area contributed by atoms with E-state index in [9.17, 15) is 4.79 Å². The lowest BCUT2D eigenvalue weighted by atomic mass is 10.2. The molecule has 1 aromatic rings. The maximum atomic E-state index is 11.7. The lowest BCUT2D eigenvalue weighted by Crippen LogP contribution is -2.37. The molecule has 0 aliphatic heterocycles. The molecule has 1 rings (SSSR count). The minimum atomic E-state index is -0.0858. The predicted octanol–water partition coefficient (Wildman–Crippen LogP) is 2.26. The van der Waals surface area contributed by atoms with Crippen molar-refractivity contribution in [1.82, 2.24) is 15.6 Å². The Bertz CT molecular complexity index is 402. The van der Waals surface area contributed by atoms with Crippen LogP contribution in [0.25, 0.3) is 0 Å². The number of carbonyl (C=O) groups is 1. The highest BCUT2D eigenvalue weighted by atomic mass is 16.5. The third-order valence-electron chi connectivity index (χ3n) is 3.25. The van der Waals surface area contributed by atoms with Crippen molar-refractivity contribution in [3.05, 3.63) is 24.0 Å². The van der Waals surface area contributed by atoms with Gasteiger partial charge in [0.05, 0.1) is 11.9 Å². The molecule has 0 saturated heterocycles. The molecule has 1 aromatic heterocycles. The van der Waals surface area contributed by atoms with E-state index < -0.39 is 0 Å². The molecule has 21 heavy (non-hydrogen) atoms. The van der Waals surface area contributed by atoms with Crippen LogP contribution in [0.15, 0.2) is 18.3 Å². The summed E-state index contributed by atoms with van der Waals surface area (Å²) in [4.78, 5) is 16.0. The topological polar surface area (TPSA) is 63.2 Å². The zero-order valence-corrected chi connectivity index (χ0v) is 13.3. The van der Waals surface area contributed by atoms with Crippen molar-refractivity contribution in [2.24, 2.45) is 0 Å². The van der Waals surface area contributed by atoms with Gasteiger partial charge < -0.3 is 15.4 Å². The first-order valence-electron chi connectivity index (χ1n) is 7.77. The largest absolute Gasteiger partial charge is 0.482 e. The highest BCUT2D eigenvalue weighted by molar-refractivity contribution is 5.77. The molecule has 0 bridgehead atoms. The number of nitrogens with one attached hydrogen (secondary N) is 2. The molecule has 1 heterocycles. The fourth-order valence-electron chi connectivity index (χ4n) is 1.91. The van der Waals surface area contributed by atoms with Crippen LogP contribution in [0.1, 0.15) is 45.7 Å². The maximum Gasteiger partial charge on any atom is 0.258 e. The zero-order chi connectivity index (χ0) is 15.5. The van der Waals surface area contributed by atoms with E-state index in [1.165, 1.54) is 0 Å². The van der Waals surface area contributed by atoms with Gasteiger partial charge in [-0.2, -0.15) is 0 Å². The molecule has 0 fully saturated rings. The highest BCUT2D eigenvalue weighted by Gasteiger charge is 2.08. The van der Waals surface area contributed by atoms with Crippen LogP contribution in [0.5, 0.6) is 5.75 Å². The summed E-state index contributed by atoms with van der Waals surface area (Å²) in [5.74, 6) is 0.534. The Morgan fingerprint density at radius 1 is 1.29 bits per heavy atom. The smallest absolute Gasteiger partial charge is 0.258 e. The van der Waals surface area contributed by atoms with Gasteiger partial charge in [0.15, 0.2) is 6.61 Å². The lowest BCUT2D eigenvalue weighted by molar-refractivity contribution is -0.123. The van der Waals surface area contributed by atoms with E-state index in [2.05, 4.69) is 36.4 Å². The van der Waals surface area contributed by atoms with Gasteiger partial charge in [-0.05, 0) is 37.9 Å². The molecule has 0 atom stereocenters. The zero-order valence-electron chi connectivity index (χ0n) is 13.3. The summed E-state index contributed by atoms with van der Waals surface area (Å²) < 4.78 is 5.44. The van der Waals surface area contributed by atoms with Crippen LogP contribution in [0.2, 0.25) is 0 Å². The molecule has 0 aromatic carbocycles. The summed E-state index contributed by atoms with van der Waals surface area (Å²) >= 11 is 0. The van der Waals surface area contributed by atoms with Gasteiger partial charge in [0.2, 0.25) is 0 Å². The van der Waals surface area contributed by atoms with E-state index in [0.717, 1.165) is 38.0 Å². The number of nitrogens with zero attached hydrogens (tertiary/aromatic N) is 1. The van der Waals surface area contributed by atoms with Gasteiger partial charge in [0, 0.05) is 12.6 Å². The van der Waals surface area contributed by atoms with Crippen LogP contribution >= 0.6 is 0 Å². The summed E-state index contributed by atoms with van der Waals surface area (Å²) in [6.07, 6.45) is 4.63. The fraction of sp³-hybridized carbons (Fsp3) is 0.625. The van der Waals surface area contributed by atoms with E-state index in [1.54, 1.807) is 6.20 Å². The third kappa shape index (κ3) is 7.09. The molecule has 0 aliphatic carbocycles. The fourth-order valence-corrected chi connectivity index (χ4v) is 1.91. The molecule has 0 unspecified atom stereocenters. The molecular weight excluding hydrogens is 266 g/mol. The molecule has 5 heteroatoms. The highest BCUT2D eigenvalue weighted by Crippen LogP contribution is 2.09. The molecule has 5 nitrogen and oxygen atoms in total. The number of hydrogen-bond acceptors (Lipinski definition) is 4. The monoisotopic (exact) mass is 293 g/mol. The molecule has 1 amide bonds. The van der Waals surface area contributed by atoms with Crippen LogP contribution < -0.4 is 15.4 Å². The molecule has 0 aliphatic rings. The Kier molecular flexibility index (Phi) is 8.43. The summed E-state index contributed by atoms with van der Waals surface area (Å²) in [6.45, 7) is 8.02. The average Bonchev–Trinajstić information content (AvgIpc) is 2.52. The summed E-state index contributed by atoms with van der Waals surface area (Å²) in [5, 5.41) is 6.23. The number of hydrogen-bond donors (Lipinski definition) is 2. The molecule has 2 N–H and O–H groups in total. The van der Waals surface area contributed by atoms with Crippen LogP contribution in [0.4, 0.5) is 0 Å². The summed E-state index contributed by atoms with van der Waals surface area (Å²) in [5.41, 5.74) is 0.970. The number of aromatic nitrogens is 1. The second-order valence-electron chi connectivity index (χ2n) is 5.03. The Labute approximate surface area is 127 Å². The average molecular weight is 293 g/mol. The van der Waals surface area contributed by atoms with Crippen LogP contribution in [0, 0.1) is 0 Å². The van der Waals surface area contributed by atoms with Gasteiger partial charge in [-0.1, -0.05) is 20.8 Å². The van der Waals surface area contributed by atoms with Gasteiger partial charge in [-0.15, -0.1) is 0 Å². The van der Waals surface area contributed by atoms with Crippen LogP contribution in [-0.2, 0) is 11.3 Å². The van der Waals surface area contributed by atoms with Gasteiger partial charge in [0.25, 0.3) is 5.91 Å². The molecule has 0 saturated carbocycles. The Morgan fingerprint density at radius 3 is 2.62 bits per heavy atom. The SMILES string of the molecule is CCCNCc1ccc(OCC(=O)NC(CC)CC)cn1.